The molecule has 0 atom stereocenters. The summed E-state index contributed by atoms with van der Waals surface area (Å²) in [4.78, 5) is 10.7. The molecule has 3 aromatic rings. The molecule has 0 aliphatic carbocycles. The van der Waals surface area contributed by atoms with Crippen molar-refractivity contribution in [2.24, 2.45) is 5.10 Å². The number of nitrogens with one attached hydrogen (secondary N) is 1. The summed E-state index contributed by atoms with van der Waals surface area (Å²) >= 11 is 0. The molecule has 7 heteroatoms. The van der Waals surface area contributed by atoms with Crippen molar-refractivity contribution in [2.45, 2.75) is 13.8 Å². The number of aryl methyl sites for hydroxylation is 1. The monoisotopic (exact) mass is 321 g/mol. The van der Waals surface area contributed by atoms with Crippen molar-refractivity contribution in [1.82, 2.24) is 10.2 Å². The van der Waals surface area contributed by atoms with Gasteiger partial charge in [0.2, 0.25) is 0 Å². The minimum absolute atomic E-state index is 0.0759. The maximum absolute atomic E-state index is 11.1. The molecule has 1 aromatic heterocycles. The van der Waals surface area contributed by atoms with Crippen LogP contribution in [0.15, 0.2) is 53.8 Å². The average Bonchev–Trinajstić information content (AvgIpc) is 2.59. The van der Waals surface area contributed by atoms with Crippen LogP contribution in [0.3, 0.4) is 0 Å². The molecule has 1 heterocycles. The van der Waals surface area contributed by atoms with Gasteiger partial charge in [0.15, 0.2) is 5.82 Å². The van der Waals surface area contributed by atoms with Crippen LogP contribution in [-0.2, 0) is 0 Å². The first-order valence-electron chi connectivity index (χ1n) is 7.32. The fourth-order valence-electron chi connectivity index (χ4n) is 2.34. The highest BCUT2D eigenvalue weighted by Gasteiger charge is 2.12. The molecule has 120 valence electrons. The molecule has 0 radical (unpaired) electrons. The number of aromatic nitrogens is 2. The largest absolute Gasteiger partial charge is 0.272 e. The first-order chi connectivity index (χ1) is 11.6. The van der Waals surface area contributed by atoms with Crippen molar-refractivity contribution in [3.63, 3.8) is 0 Å². The zero-order valence-corrected chi connectivity index (χ0v) is 13.2. The van der Waals surface area contributed by atoms with E-state index in [4.69, 9.17) is 0 Å². The minimum Gasteiger partial charge on any atom is -0.259 e. The minimum atomic E-state index is -0.393. The molecule has 0 unspecified atom stereocenters. The Balaban J connectivity index is 1.91. The Bertz CT molecular complexity index is 947. The number of hydrogen-bond donors (Lipinski definition) is 1. The van der Waals surface area contributed by atoms with Crippen LogP contribution in [0.1, 0.15) is 18.1 Å². The fourth-order valence-corrected chi connectivity index (χ4v) is 2.34. The highest BCUT2D eigenvalue weighted by atomic mass is 16.6. The van der Waals surface area contributed by atoms with Gasteiger partial charge in [0.25, 0.3) is 5.69 Å². The van der Waals surface area contributed by atoms with Crippen molar-refractivity contribution in [2.75, 3.05) is 5.43 Å². The quantitative estimate of drug-likeness (QED) is 0.449. The van der Waals surface area contributed by atoms with Gasteiger partial charge in [-0.3, -0.25) is 15.5 Å². The Kier molecular flexibility index (Phi) is 4.15. The van der Waals surface area contributed by atoms with Crippen molar-refractivity contribution in [3.05, 3.63) is 69.9 Å². The lowest BCUT2D eigenvalue weighted by Gasteiger charge is -2.06. The average molecular weight is 321 g/mol. The molecule has 2 aromatic carbocycles. The molecule has 0 aliphatic heterocycles. The van der Waals surface area contributed by atoms with Crippen LogP contribution in [0.2, 0.25) is 0 Å². The smallest absolute Gasteiger partial charge is 0.259 e. The third kappa shape index (κ3) is 3.05. The number of hydrogen-bond acceptors (Lipinski definition) is 6. The highest BCUT2D eigenvalue weighted by molar-refractivity contribution is 6.00. The second-order valence-electron chi connectivity index (χ2n) is 5.35. The van der Waals surface area contributed by atoms with Gasteiger partial charge in [0, 0.05) is 28.0 Å². The van der Waals surface area contributed by atoms with Crippen molar-refractivity contribution in [1.29, 1.82) is 0 Å². The summed E-state index contributed by atoms with van der Waals surface area (Å²) in [6, 6.07) is 12.7. The predicted molar refractivity (Wildman–Crippen MR) is 93.2 cm³/mol. The third-order valence-corrected chi connectivity index (χ3v) is 3.72. The van der Waals surface area contributed by atoms with Crippen LogP contribution in [0, 0.1) is 17.0 Å². The van der Waals surface area contributed by atoms with Crippen molar-refractivity contribution >= 4 is 28.0 Å². The highest BCUT2D eigenvalue weighted by Crippen LogP contribution is 2.21. The van der Waals surface area contributed by atoms with E-state index < -0.39 is 4.92 Å². The van der Waals surface area contributed by atoms with Crippen LogP contribution in [0.4, 0.5) is 11.5 Å². The van der Waals surface area contributed by atoms with Crippen molar-refractivity contribution < 1.29 is 4.92 Å². The molecule has 0 aliphatic rings. The topological polar surface area (TPSA) is 93.3 Å². The van der Waals surface area contributed by atoms with E-state index in [9.17, 15) is 10.1 Å². The standard InChI is InChI=1S/C17H15N5O2/c1-11-7-8-13(9-16(11)22(23)24)12(2)19-21-17-15-6-4-3-5-14(15)10-18-20-17/h3-10H,1-2H3,(H,20,21)/b19-12+. The second kappa shape index (κ2) is 6.41. The summed E-state index contributed by atoms with van der Waals surface area (Å²) in [5.41, 5.74) is 4.88. The summed E-state index contributed by atoms with van der Waals surface area (Å²) in [5, 5.41) is 25.2. The number of nitro benzene ring substituents is 1. The third-order valence-electron chi connectivity index (χ3n) is 3.72. The molecule has 0 saturated carbocycles. The Morgan fingerprint density at radius 3 is 2.83 bits per heavy atom. The Morgan fingerprint density at radius 1 is 1.25 bits per heavy atom. The number of benzene rings is 2. The van der Waals surface area contributed by atoms with E-state index in [2.05, 4.69) is 20.7 Å². The number of rotatable bonds is 4. The van der Waals surface area contributed by atoms with Gasteiger partial charge in [-0.1, -0.05) is 36.4 Å². The van der Waals surface area contributed by atoms with Crippen LogP contribution >= 0.6 is 0 Å². The SMILES string of the molecule is C/C(=N\Nc1nncc2ccccc12)c1ccc(C)c([N+](=O)[O-])c1. The molecule has 3 rings (SSSR count). The Morgan fingerprint density at radius 2 is 2.04 bits per heavy atom. The summed E-state index contributed by atoms with van der Waals surface area (Å²) in [6.45, 7) is 3.48. The lowest BCUT2D eigenvalue weighted by Crippen LogP contribution is -2.03. The van der Waals surface area contributed by atoms with E-state index in [-0.39, 0.29) is 5.69 Å². The summed E-state index contributed by atoms with van der Waals surface area (Å²) < 4.78 is 0. The number of fused-ring (bicyclic) bond motifs is 1. The molecular formula is C17H15N5O2. The molecule has 24 heavy (non-hydrogen) atoms. The Hall–Kier alpha value is -3.35. The van der Waals surface area contributed by atoms with Crippen molar-refractivity contribution in [3.8, 4) is 0 Å². The number of nitrogens with zero attached hydrogens (tertiary/aromatic N) is 4. The van der Waals surface area contributed by atoms with Gasteiger partial charge in [0.05, 0.1) is 16.8 Å². The molecule has 7 nitrogen and oxygen atoms in total. The van der Waals surface area contributed by atoms with E-state index in [1.165, 1.54) is 6.07 Å². The molecule has 0 saturated heterocycles. The first kappa shape index (κ1) is 15.5. The predicted octanol–water partition coefficient (Wildman–Crippen LogP) is 3.68. The summed E-state index contributed by atoms with van der Waals surface area (Å²) in [5.74, 6) is 0.536. The van der Waals surface area contributed by atoms with Crippen LogP contribution in [0.25, 0.3) is 10.8 Å². The van der Waals surface area contributed by atoms with Crippen LogP contribution in [-0.4, -0.2) is 20.8 Å². The molecular weight excluding hydrogens is 306 g/mol. The van der Waals surface area contributed by atoms with Gasteiger partial charge >= 0.3 is 0 Å². The molecule has 0 bridgehead atoms. The maximum Gasteiger partial charge on any atom is 0.272 e. The number of nitro groups is 1. The Labute approximate surface area is 138 Å². The zero-order valence-electron chi connectivity index (χ0n) is 13.2. The van der Waals surface area contributed by atoms with Gasteiger partial charge in [-0.05, 0) is 13.8 Å². The van der Waals surface area contributed by atoms with E-state index in [1.54, 1.807) is 32.2 Å². The lowest BCUT2D eigenvalue weighted by atomic mass is 10.1. The van der Waals surface area contributed by atoms with Gasteiger partial charge in [0.1, 0.15) is 0 Å². The molecule has 0 amide bonds. The van der Waals surface area contributed by atoms with Gasteiger partial charge in [-0.2, -0.15) is 10.2 Å². The summed E-state index contributed by atoms with van der Waals surface area (Å²) in [6.07, 6.45) is 1.68. The van der Waals surface area contributed by atoms with E-state index in [0.717, 1.165) is 10.8 Å². The second-order valence-corrected chi connectivity index (χ2v) is 5.35. The van der Waals surface area contributed by atoms with Crippen LogP contribution < -0.4 is 5.43 Å². The van der Waals surface area contributed by atoms with E-state index >= 15 is 0 Å². The molecule has 1 N–H and O–H groups in total. The first-order valence-corrected chi connectivity index (χ1v) is 7.32. The summed E-state index contributed by atoms with van der Waals surface area (Å²) in [7, 11) is 0. The van der Waals surface area contributed by atoms with Gasteiger partial charge in [-0.15, -0.1) is 5.10 Å². The van der Waals surface area contributed by atoms with Crippen LogP contribution in [0.5, 0.6) is 0 Å². The van der Waals surface area contributed by atoms with E-state index in [1.807, 2.05) is 24.3 Å². The van der Waals surface area contributed by atoms with E-state index in [0.29, 0.717) is 22.7 Å². The zero-order chi connectivity index (χ0) is 17.1. The molecule has 0 fully saturated rings. The maximum atomic E-state index is 11.1. The van der Waals surface area contributed by atoms with Gasteiger partial charge < -0.3 is 0 Å². The fraction of sp³-hybridized carbons (Fsp3) is 0.118. The normalized spacial score (nSPS) is 11.5. The van der Waals surface area contributed by atoms with Gasteiger partial charge in [-0.25, -0.2) is 0 Å². The lowest BCUT2D eigenvalue weighted by molar-refractivity contribution is -0.385. The number of hydrazone groups is 1. The molecule has 0 spiro atoms. The number of anilines is 1.